The molecular formula is C14H12Cl2N2O2. The van der Waals surface area contributed by atoms with Gasteiger partial charge in [0.1, 0.15) is 5.76 Å². The van der Waals surface area contributed by atoms with Crippen molar-refractivity contribution in [2.24, 2.45) is 0 Å². The molecular weight excluding hydrogens is 299 g/mol. The zero-order valence-electron chi connectivity index (χ0n) is 10.8. The summed E-state index contributed by atoms with van der Waals surface area (Å²) < 4.78 is 10.7. The fraction of sp³-hybridized carbons (Fsp3) is 0.286. The Morgan fingerprint density at radius 2 is 2.00 bits per heavy atom. The molecule has 0 saturated heterocycles. The van der Waals surface area contributed by atoms with E-state index in [-0.39, 0.29) is 0 Å². The van der Waals surface area contributed by atoms with Crippen molar-refractivity contribution in [3.63, 3.8) is 0 Å². The summed E-state index contributed by atoms with van der Waals surface area (Å²) in [5.74, 6) is 1.23. The van der Waals surface area contributed by atoms with Gasteiger partial charge in [-0.15, -0.1) is 0 Å². The monoisotopic (exact) mass is 310 g/mol. The van der Waals surface area contributed by atoms with Gasteiger partial charge in [0, 0.05) is 12.5 Å². The van der Waals surface area contributed by atoms with Crippen LogP contribution in [0.4, 0.5) is 0 Å². The first-order valence-electron chi connectivity index (χ1n) is 6.04. The molecule has 0 aliphatic carbocycles. The molecule has 4 nitrogen and oxygen atoms in total. The smallest absolute Gasteiger partial charge is 0.156 e. The highest BCUT2D eigenvalue weighted by Crippen LogP contribution is 2.34. The molecule has 0 amide bonds. The molecule has 2 rings (SSSR count). The van der Waals surface area contributed by atoms with E-state index < -0.39 is 0 Å². The maximum atomic E-state index is 8.80. The quantitative estimate of drug-likeness (QED) is 0.777. The Morgan fingerprint density at radius 3 is 2.55 bits per heavy atom. The normalized spacial score (nSPS) is 10.3. The van der Waals surface area contributed by atoms with E-state index in [9.17, 15) is 0 Å². The lowest BCUT2D eigenvalue weighted by molar-refractivity contribution is 0.300. The number of aromatic nitrogens is 1. The Kier molecular flexibility index (Phi) is 4.89. The summed E-state index contributed by atoms with van der Waals surface area (Å²) in [6.07, 6.45) is 1.48. The SMILES string of the molecule is Cc1cc(CCCOc2c(Cl)cc(C#N)cc2Cl)on1. The lowest BCUT2D eigenvalue weighted by Gasteiger charge is -2.09. The summed E-state index contributed by atoms with van der Waals surface area (Å²) in [5, 5.41) is 13.3. The fourth-order valence-corrected chi connectivity index (χ4v) is 2.31. The van der Waals surface area contributed by atoms with Gasteiger partial charge >= 0.3 is 0 Å². The molecule has 1 heterocycles. The van der Waals surface area contributed by atoms with E-state index in [2.05, 4.69) is 5.16 Å². The van der Waals surface area contributed by atoms with E-state index in [4.69, 9.17) is 37.7 Å². The molecule has 0 saturated carbocycles. The van der Waals surface area contributed by atoms with Crippen LogP contribution >= 0.6 is 23.2 Å². The summed E-state index contributed by atoms with van der Waals surface area (Å²) in [6, 6.07) is 6.93. The van der Waals surface area contributed by atoms with Gasteiger partial charge in [-0.05, 0) is 25.5 Å². The van der Waals surface area contributed by atoms with E-state index >= 15 is 0 Å². The lowest BCUT2D eigenvalue weighted by Crippen LogP contribution is -2.00. The van der Waals surface area contributed by atoms with Crippen LogP contribution in [0.1, 0.15) is 23.4 Å². The third-order valence-corrected chi connectivity index (χ3v) is 3.18. The van der Waals surface area contributed by atoms with Crippen LogP contribution in [0.5, 0.6) is 5.75 Å². The van der Waals surface area contributed by atoms with E-state index in [1.165, 1.54) is 12.1 Å². The first-order valence-corrected chi connectivity index (χ1v) is 6.80. The standard InChI is InChI=1S/C14H12Cl2N2O2/c1-9-5-11(20-18-9)3-2-4-19-14-12(15)6-10(8-17)7-13(14)16/h5-7H,2-4H2,1H3. The molecule has 104 valence electrons. The molecule has 0 aliphatic heterocycles. The molecule has 0 N–H and O–H groups in total. The summed E-state index contributed by atoms with van der Waals surface area (Å²) in [4.78, 5) is 0. The van der Waals surface area contributed by atoms with E-state index in [1.807, 2.05) is 19.1 Å². The largest absolute Gasteiger partial charge is 0.490 e. The van der Waals surface area contributed by atoms with Crippen molar-refractivity contribution in [3.05, 3.63) is 45.3 Å². The summed E-state index contributed by atoms with van der Waals surface area (Å²) in [6.45, 7) is 2.32. The lowest BCUT2D eigenvalue weighted by atomic mass is 10.2. The van der Waals surface area contributed by atoms with Crippen LogP contribution in [0.3, 0.4) is 0 Å². The maximum Gasteiger partial charge on any atom is 0.156 e. The van der Waals surface area contributed by atoms with Crippen LogP contribution in [0, 0.1) is 18.3 Å². The topological polar surface area (TPSA) is 59.0 Å². The van der Waals surface area contributed by atoms with Crippen LogP contribution in [0.25, 0.3) is 0 Å². The van der Waals surface area contributed by atoms with Gasteiger partial charge in [0.05, 0.1) is 34.0 Å². The van der Waals surface area contributed by atoms with Gasteiger partial charge in [-0.25, -0.2) is 0 Å². The highest BCUT2D eigenvalue weighted by atomic mass is 35.5. The second kappa shape index (κ2) is 6.65. The summed E-state index contributed by atoms with van der Waals surface area (Å²) >= 11 is 12.0. The zero-order chi connectivity index (χ0) is 14.5. The third kappa shape index (κ3) is 3.66. The fourth-order valence-electron chi connectivity index (χ4n) is 1.72. The number of nitriles is 1. The summed E-state index contributed by atoms with van der Waals surface area (Å²) in [7, 11) is 0. The number of aryl methyl sites for hydroxylation is 2. The van der Waals surface area contributed by atoms with Crippen LogP contribution < -0.4 is 4.74 Å². The van der Waals surface area contributed by atoms with Gasteiger partial charge in [-0.3, -0.25) is 0 Å². The first kappa shape index (κ1) is 14.7. The Hall–Kier alpha value is -1.70. The second-order valence-corrected chi connectivity index (χ2v) is 5.08. The number of hydrogen-bond donors (Lipinski definition) is 0. The molecule has 6 heteroatoms. The summed E-state index contributed by atoms with van der Waals surface area (Å²) in [5.41, 5.74) is 1.27. The van der Waals surface area contributed by atoms with Crippen LogP contribution in [0.15, 0.2) is 22.7 Å². The average molecular weight is 311 g/mol. The molecule has 0 aliphatic rings. The van der Waals surface area contributed by atoms with Crippen LogP contribution in [-0.2, 0) is 6.42 Å². The Balaban J connectivity index is 1.90. The van der Waals surface area contributed by atoms with Crippen molar-refractivity contribution in [2.45, 2.75) is 19.8 Å². The molecule has 0 radical (unpaired) electrons. The van der Waals surface area contributed by atoms with Crippen molar-refractivity contribution < 1.29 is 9.26 Å². The first-order chi connectivity index (χ1) is 9.60. The van der Waals surface area contributed by atoms with Crippen molar-refractivity contribution >= 4 is 23.2 Å². The van der Waals surface area contributed by atoms with Gasteiger partial charge in [0.25, 0.3) is 0 Å². The zero-order valence-corrected chi connectivity index (χ0v) is 12.3. The molecule has 0 atom stereocenters. The molecule has 1 aromatic carbocycles. The van der Waals surface area contributed by atoms with E-state index in [0.717, 1.165) is 24.3 Å². The Morgan fingerprint density at radius 1 is 1.30 bits per heavy atom. The minimum atomic E-state index is 0.338. The van der Waals surface area contributed by atoms with E-state index in [1.54, 1.807) is 0 Å². The van der Waals surface area contributed by atoms with Gasteiger partial charge in [-0.2, -0.15) is 5.26 Å². The number of benzene rings is 1. The Labute approximate surface area is 126 Å². The van der Waals surface area contributed by atoms with Crippen LogP contribution in [0.2, 0.25) is 10.0 Å². The van der Waals surface area contributed by atoms with E-state index in [0.29, 0.717) is 28.0 Å². The molecule has 0 unspecified atom stereocenters. The Bertz CT molecular complexity index is 624. The molecule has 1 aromatic heterocycles. The van der Waals surface area contributed by atoms with Gasteiger partial charge < -0.3 is 9.26 Å². The van der Waals surface area contributed by atoms with Crippen LogP contribution in [-0.4, -0.2) is 11.8 Å². The predicted molar refractivity (Wildman–Crippen MR) is 76.2 cm³/mol. The number of ether oxygens (including phenoxy) is 1. The average Bonchev–Trinajstić information content (AvgIpc) is 2.82. The molecule has 20 heavy (non-hydrogen) atoms. The minimum absolute atomic E-state index is 0.338. The minimum Gasteiger partial charge on any atom is -0.490 e. The molecule has 2 aromatic rings. The number of nitrogens with zero attached hydrogens (tertiary/aromatic N) is 2. The third-order valence-electron chi connectivity index (χ3n) is 2.62. The van der Waals surface area contributed by atoms with Crippen molar-refractivity contribution in [1.29, 1.82) is 5.26 Å². The maximum absolute atomic E-state index is 8.80. The predicted octanol–water partition coefficient (Wildman–Crippen LogP) is 4.17. The molecule has 0 spiro atoms. The highest BCUT2D eigenvalue weighted by Gasteiger charge is 2.10. The molecule has 0 fully saturated rings. The number of hydrogen-bond acceptors (Lipinski definition) is 4. The second-order valence-electron chi connectivity index (χ2n) is 4.27. The van der Waals surface area contributed by atoms with Gasteiger partial charge in [0.2, 0.25) is 0 Å². The van der Waals surface area contributed by atoms with Crippen molar-refractivity contribution in [1.82, 2.24) is 5.16 Å². The van der Waals surface area contributed by atoms with Crippen molar-refractivity contribution in [3.8, 4) is 11.8 Å². The number of rotatable bonds is 5. The highest BCUT2D eigenvalue weighted by molar-refractivity contribution is 6.37. The van der Waals surface area contributed by atoms with Gasteiger partial charge in [-0.1, -0.05) is 28.4 Å². The number of halogens is 2. The van der Waals surface area contributed by atoms with Gasteiger partial charge in [0.15, 0.2) is 5.75 Å². The molecule has 0 bridgehead atoms. The van der Waals surface area contributed by atoms with Crippen molar-refractivity contribution in [2.75, 3.05) is 6.61 Å².